The summed E-state index contributed by atoms with van der Waals surface area (Å²) in [6.45, 7) is 4.74. The number of nitrogen functional groups attached to an aromatic ring is 1. The van der Waals surface area contributed by atoms with Crippen molar-refractivity contribution in [1.29, 1.82) is 0 Å². The van der Waals surface area contributed by atoms with Crippen LogP contribution in [0.3, 0.4) is 0 Å². The Morgan fingerprint density at radius 2 is 2.05 bits per heavy atom. The predicted molar refractivity (Wildman–Crippen MR) is 77.7 cm³/mol. The first-order valence-corrected chi connectivity index (χ1v) is 6.83. The van der Waals surface area contributed by atoms with Crippen molar-refractivity contribution in [3.63, 3.8) is 0 Å². The van der Waals surface area contributed by atoms with E-state index in [1.54, 1.807) is 0 Å². The Kier molecular flexibility index (Phi) is 4.63. The quantitative estimate of drug-likeness (QED) is 0.662. The lowest BCUT2D eigenvalue weighted by Crippen LogP contribution is -2.33. The van der Waals surface area contributed by atoms with Crippen LogP contribution in [-0.2, 0) is 0 Å². The molecule has 0 radical (unpaired) electrons. The first kappa shape index (κ1) is 15.1. The summed E-state index contributed by atoms with van der Waals surface area (Å²) < 4.78 is 1.40. The fourth-order valence-corrected chi connectivity index (χ4v) is 1.92. The highest BCUT2D eigenvalue weighted by Gasteiger charge is 2.25. The Balaban J connectivity index is 2.17. The van der Waals surface area contributed by atoms with Crippen molar-refractivity contribution in [3.05, 3.63) is 12.7 Å². The second-order valence-electron chi connectivity index (χ2n) is 4.88. The molecule has 2 rings (SSSR count). The average molecular weight is 292 g/mol. The first-order valence-electron chi connectivity index (χ1n) is 6.83. The molecule has 0 aliphatic rings. The van der Waals surface area contributed by atoms with E-state index in [-0.39, 0.29) is 18.0 Å². The molecular formula is C12H20N8O. The molecule has 0 spiro atoms. The maximum Gasteiger partial charge on any atom is 0.258 e. The summed E-state index contributed by atoms with van der Waals surface area (Å²) in [5, 5.41) is 16.6. The minimum Gasteiger partial charge on any atom is -0.396 e. The van der Waals surface area contributed by atoms with E-state index in [2.05, 4.69) is 30.4 Å². The van der Waals surface area contributed by atoms with E-state index < -0.39 is 0 Å². The molecule has 0 atom stereocenters. The van der Waals surface area contributed by atoms with Gasteiger partial charge in [0.1, 0.15) is 12.7 Å². The fourth-order valence-electron chi connectivity index (χ4n) is 1.92. The van der Waals surface area contributed by atoms with Gasteiger partial charge >= 0.3 is 0 Å². The summed E-state index contributed by atoms with van der Waals surface area (Å²) >= 11 is 0. The molecule has 114 valence electrons. The summed E-state index contributed by atoms with van der Waals surface area (Å²) in [6.07, 6.45) is 4.57. The maximum absolute atomic E-state index is 9.57. The number of nitrogens with one attached hydrogen (secondary N) is 1. The highest BCUT2D eigenvalue weighted by atomic mass is 16.3. The molecule has 0 bridgehead atoms. The molecule has 0 unspecified atom stereocenters. The second kappa shape index (κ2) is 6.44. The van der Waals surface area contributed by atoms with Gasteiger partial charge in [0, 0.05) is 12.0 Å². The smallest absolute Gasteiger partial charge is 0.258 e. The third-order valence-electron chi connectivity index (χ3n) is 3.72. The molecule has 0 aliphatic carbocycles. The maximum atomic E-state index is 9.57. The van der Waals surface area contributed by atoms with Gasteiger partial charge in [0.05, 0.1) is 6.61 Å². The van der Waals surface area contributed by atoms with Crippen LogP contribution in [0.5, 0.6) is 0 Å². The van der Waals surface area contributed by atoms with Crippen molar-refractivity contribution in [2.75, 3.05) is 24.2 Å². The number of rotatable bonds is 7. The van der Waals surface area contributed by atoms with Gasteiger partial charge < -0.3 is 16.2 Å². The predicted octanol–water partition coefficient (Wildman–Crippen LogP) is 0.245. The van der Waals surface area contributed by atoms with E-state index in [0.29, 0.717) is 18.4 Å². The molecule has 2 aromatic rings. The number of hydrogen-bond donors (Lipinski definition) is 3. The van der Waals surface area contributed by atoms with Gasteiger partial charge in [-0.05, 0) is 12.8 Å². The summed E-state index contributed by atoms with van der Waals surface area (Å²) in [4.78, 5) is 16.1. The standard InChI is InChI=1S/C12H20N8O/c1-3-12(4-2,6-21)5-15-10-17-9(13)18-11(19-10)20-8-14-7-16-20/h7-8,21H,3-6H2,1-2H3,(H3,13,15,17,18,19). The van der Waals surface area contributed by atoms with Crippen LogP contribution in [0.25, 0.3) is 5.95 Å². The topological polar surface area (TPSA) is 128 Å². The van der Waals surface area contributed by atoms with Crippen molar-refractivity contribution in [2.45, 2.75) is 26.7 Å². The highest BCUT2D eigenvalue weighted by Crippen LogP contribution is 2.25. The number of hydrogen-bond acceptors (Lipinski definition) is 8. The third kappa shape index (κ3) is 3.43. The molecule has 0 aliphatic heterocycles. The van der Waals surface area contributed by atoms with Crippen LogP contribution in [0.1, 0.15) is 26.7 Å². The van der Waals surface area contributed by atoms with Crippen molar-refractivity contribution < 1.29 is 5.11 Å². The molecule has 0 amide bonds. The zero-order valence-electron chi connectivity index (χ0n) is 12.2. The minimum absolute atomic E-state index is 0.0978. The van der Waals surface area contributed by atoms with Gasteiger partial charge in [-0.1, -0.05) is 13.8 Å². The number of aliphatic hydroxyl groups is 1. The van der Waals surface area contributed by atoms with Crippen LogP contribution >= 0.6 is 0 Å². The number of aliphatic hydroxyl groups excluding tert-OH is 1. The van der Waals surface area contributed by atoms with Crippen LogP contribution in [0.2, 0.25) is 0 Å². The van der Waals surface area contributed by atoms with E-state index in [9.17, 15) is 5.11 Å². The van der Waals surface area contributed by atoms with Crippen LogP contribution in [-0.4, -0.2) is 48.0 Å². The Hall–Kier alpha value is -2.29. The van der Waals surface area contributed by atoms with Gasteiger partial charge in [0.15, 0.2) is 0 Å². The molecule has 2 aromatic heterocycles. The fraction of sp³-hybridized carbons (Fsp3) is 0.583. The van der Waals surface area contributed by atoms with Crippen molar-refractivity contribution >= 4 is 11.9 Å². The Labute approximate surface area is 122 Å². The molecule has 4 N–H and O–H groups in total. The second-order valence-corrected chi connectivity index (χ2v) is 4.88. The van der Waals surface area contributed by atoms with Crippen LogP contribution in [0, 0.1) is 5.41 Å². The molecular weight excluding hydrogens is 272 g/mol. The number of nitrogens with two attached hydrogens (primary N) is 1. The summed E-state index contributed by atoms with van der Waals surface area (Å²) in [7, 11) is 0. The van der Waals surface area contributed by atoms with Crippen molar-refractivity contribution in [2.24, 2.45) is 5.41 Å². The number of aromatic nitrogens is 6. The van der Waals surface area contributed by atoms with E-state index in [1.807, 2.05) is 13.8 Å². The van der Waals surface area contributed by atoms with Crippen LogP contribution < -0.4 is 11.1 Å². The normalized spacial score (nSPS) is 11.6. The zero-order chi connectivity index (χ0) is 15.3. The number of anilines is 2. The Morgan fingerprint density at radius 3 is 2.62 bits per heavy atom. The SMILES string of the molecule is CCC(CC)(CO)CNc1nc(N)nc(-n2cncn2)n1. The van der Waals surface area contributed by atoms with Gasteiger partial charge in [-0.15, -0.1) is 0 Å². The summed E-state index contributed by atoms with van der Waals surface area (Å²) in [5.74, 6) is 0.749. The minimum atomic E-state index is -0.200. The number of nitrogens with zero attached hydrogens (tertiary/aromatic N) is 6. The molecule has 9 nitrogen and oxygen atoms in total. The molecule has 9 heteroatoms. The molecule has 2 heterocycles. The van der Waals surface area contributed by atoms with E-state index in [0.717, 1.165) is 12.8 Å². The van der Waals surface area contributed by atoms with Gasteiger partial charge in [-0.2, -0.15) is 24.7 Å². The van der Waals surface area contributed by atoms with Crippen LogP contribution in [0.15, 0.2) is 12.7 Å². The van der Waals surface area contributed by atoms with Gasteiger partial charge in [0.25, 0.3) is 5.95 Å². The third-order valence-corrected chi connectivity index (χ3v) is 3.72. The van der Waals surface area contributed by atoms with E-state index >= 15 is 0 Å². The zero-order valence-corrected chi connectivity index (χ0v) is 12.2. The molecule has 0 saturated heterocycles. The largest absolute Gasteiger partial charge is 0.396 e. The lowest BCUT2D eigenvalue weighted by atomic mass is 9.83. The molecule has 0 fully saturated rings. The lowest BCUT2D eigenvalue weighted by Gasteiger charge is -2.29. The van der Waals surface area contributed by atoms with Gasteiger partial charge in [0.2, 0.25) is 11.9 Å². The Morgan fingerprint density at radius 1 is 1.29 bits per heavy atom. The Bertz CT molecular complexity index is 558. The first-order chi connectivity index (χ1) is 10.1. The van der Waals surface area contributed by atoms with Crippen molar-refractivity contribution in [1.82, 2.24) is 29.7 Å². The monoisotopic (exact) mass is 292 g/mol. The molecule has 21 heavy (non-hydrogen) atoms. The molecule has 0 saturated carbocycles. The van der Waals surface area contributed by atoms with Gasteiger partial charge in [-0.3, -0.25) is 0 Å². The van der Waals surface area contributed by atoms with Crippen molar-refractivity contribution in [3.8, 4) is 5.95 Å². The molecule has 0 aromatic carbocycles. The lowest BCUT2D eigenvalue weighted by molar-refractivity contribution is 0.127. The van der Waals surface area contributed by atoms with E-state index in [4.69, 9.17) is 5.73 Å². The summed E-state index contributed by atoms with van der Waals surface area (Å²) in [5.41, 5.74) is 5.49. The van der Waals surface area contributed by atoms with Gasteiger partial charge in [-0.25, -0.2) is 4.98 Å². The highest BCUT2D eigenvalue weighted by molar-refractivity contribution is 5.34. The summed E-state index contributed by atoms with van der Waals surface area (Å²) in [6, 6.07) is 0. The average Bonchev–Trinajstić information content (AvgIpc) is 3.03. The van der Waals surface area contributed by atoms with E-state index in [1.165, 1.54) is 17.3 Å². The van der Waals surface area contributed by atoms with Crippen LogP contribution in [0.4, 0.5) is 11.9 Å².